The first-order valence-electron chi connectivity index (χ1n) is 10.4. The number of hydrogen-bond donors (Lipinski definition) is 0. The zero-order chi connectivity index (χ0) is 25.5. The Bertz CT molecular complexity index is 1230. The number of aromatic nitrogens is 1. The van der Waals surface area contributed by atoms with Crippen molar-refractivity contribution in [2.45, 2.75) is 31.4 Å². The average Bonchev–Trinajstić information content (AvgIpc) is 3.17. The summed E-state index contributed by atoms with van der Waals surface area (Å²) in [6.45, 7) is 0.506. The molecule has 0 spiro atoms. The van der Waals surface area contributed by atoms with Gasteiger partial charge in [0, 0.05) is 42.7 Å². The van der Waals surface area contributed by atoms with Crippen molar-refractivity contribution in [2.24, 2.45) is 0 Å². The van der Waals surface area contributed by atoms with E-state index in [2.05, 4.69) is 0 Å². The Morgan fingerprint density at radius 3 is 2.06 bits per heavy atom. The van der Waals surface area contributed by atoms with Crippen molar-refractivity contribution in [1.29, 1.82) is 0 Å². The van der Waals surface area contributed by atoms with Crippen molar-refractivity contribution in [1.82, 2.24) is 9.47 Å². The number of carbonyl (C=O) groups is 1. The summed E-state index contributed by atoms with van der Waals surface area (Å²) in [4.78, 5) is 25.1. The maximum atomic E-state index is 13.5. The monoisotopic (exact) mass is 497 g/mol. The van der Waals surface area contributed by atoms with Crippen LogP contribution in [-0.2, 0) is 18.9 Å². The fourth-order valence-electron chi connectivity index (χ4n) is 4.17. The Kier molecular flexibility index (Phi) is 6.07. The number of alkyl halides is 6. The number of amides is 1. The molecule has 35 heavy (non-hydrogen) atoms. The third-order valence-electron chi connectivity index (χ3n) is 5.77. The number of hydrogen-bond acceptors (Lipinski definition) is 3. The minimum Gasteiger partial charge on any atom is -0.349 e. The van der Waals surface area contributed by atoms with Crippen molar-refractivity contribution >= 4 is 11.6 Å². The minimum atomic E-state index is -5.10. The smallest absolute Gasteiger partial charge is 0.349 e. The molecule has 1 aliphatic heterocycles. The second-order valence-corrected chi connectivity index (χ2v) is 8.02. The molecule has 1 unspecified atom stereocenters. The molecule has 0 saturated carbocycles. The number of fused-ring (bicyclic) bond motifs is 1. The molecular weight excluding hydrogens is 480 g/mol. The lowest BCUT2D eigenvalue weighted by Gasteiger charge is -2.31. The van der Waals surface area contributed by atoms with Gasteiger partial charge >= 0.3 is 12.4 Å². The van der Waals surface area contributed by atoms with Crippen LogP contribution in [0.2, 0.25) is 0 Å². The van der Waals surface area contributed by atoms with E-state index in [0.29, 0.717) is 36.4 Å². The summed E-state index contributed by atoms with van der Waals surface area (Å²) in [5.41, 5.74) is -3.12. The van der Waals surface area contributed by atoms with Crippen LogP contribution >= 0.6 is 0 Å². The largest absolute Gasteiger partial charge is 0.416 e. The SMILES string of the molecule is O=C(c1cc(C(F)(F)F)cc(C(F)(F)F)c1)N1CCCn2cccc2C1c1ccc([N+](=O)[O-])cc1. The zero-order valence-electron chi connectivity index (χ0n) is 17.8. The van der Waals surface area contributed by atoms with Crippen LogP contribution in [0.5, 0.6) is 0 Å². The van der Waals surface area contributed by atoms with Gasteiger partial charge in [0.15, 0.2) is 0 Å². The predicted molar refractivity (Wildman–Crippen MR) is 111 cm³/mol. The summed E-state index contributed by atoms with van der Waals surface area (Å²) < 4.78 is 82.0. The van der Waals surface area contributed by atoms with Gasteiger partial charge in [0.05, 0.1) is 22.1 Å². The fraction of sp³-hybridized carbons (Fsp3) is 0.261. The van der Waals surface area contributed by atoms with Gasteiger partial charge in [0.1, 0.15) is 0 Å². The average molecular weight is 497 g/mol. The molecule has 3 aromatic rings. The quantitative estimate of drug-likeness (QED) is 0.251. The van der Waals surface area contributed by atoms with Gasteiger partial charge in [-0.2, -0.15) is 26.3 Å². The number of non-ortho nitro benzene ring substituents is 1. The maximum Gasteiger partial charge on any atom is 0.416 e. The van der Waals surface area contributed by atoms with Crippen LogP contribution in [0, 0.1) is 10.1 Å². The van der Waals surface area contributed by atoms with Crippen LogP contribution in [0.15, 0.2) is 60.8 Å². The lowest BCUT2D eigenvalue weighted by Crippen LogP contribution is -2.36. The number of nitro groups is 1. The summed E-state index contributed by atoms with van der Waals surface area (Å²) in [7, 11) is 0. The molecule has 1 atom stereocenters. The molecule has 0 fully saturated rings. The van der Waals surface area contributed by atoms with Gasteiger partial charge in [-0.1, -0.05) is 0 Å². The van der Waals surface area contributed by atoms with E-state index in [0.717, 1.165) is 0 Å². The van der Waals surface area contributed by atoms with E-state index in [9.17, 15) is 41.3 Å². The fourth-order valence-corrected chi connectivity index (χ4v) is 4.17. The van der Waals surface area contributed by atoms with E-state index < -0.39 is 45.9 Å². The molecule has 0 aliphatic carbocycles. The summed E-state index contributed by atoms with van der Waals surface area (Å²) in [6.07, 6.45) is -8.06. The zero-order valence-corrected chi connectivity index (χ0v) is 17.8. The highest BCUT2D eigenvalue weighted by atomic mass is 19.4. The first-order chi connectivity index (χ1) is 16.4. The summed E-state index contributed by atoms with van der Waals surface area (Å²) in [5, 5.41) is 11.0. The highest BCUT2D eigenvalue weighted by Gasteiger charge is 2.39. The van der Waals surface area contributed by atoms with Gasteiger partial charge in [-0.15, -0.1) is 0 Å². The summed E-state index contributed by atoms with van der Waals surface area (Å²) >= 11 is 0. The number of carbonyl (C=O) groups excluding carboxylic acids is 1. The van der Waals surface area contributed by atoms with Gasteiger partial charge in [0.2, 0.25) is 0 Å². The molecule has 6 nitrogen and oxygen atoms in total. The van der Waals surface area contributed by atoms with Crippen LogP contribution in [0.1, 0.15) is 45.2 Å². The number of nitrogens with zero attached hydrogens (tertiary/aromatic N) is 3. The first kappa shape index (κ1) is 24.3. The van der Waals surface area contributed by atoms with Crippen LogP contribution in [0.3, 0.4) is 0 Å². The number of halogens is 6. The number of aryl methyl sites for hydroxylation is 1. The van der Waals surface area contributed by atoms with Crippen LogP contribution in [0.4, 0.5) is 32.0 Å². The molecule has 0 radical (unpaired) electrons. The number of nitro benzene ring substituents is 1. The van der Waals surface area contributed by atoms with Gasteiger partial charge < -0.3 is 9.47 Å². The normalized spacial score (nSPS) is 16.5. The molecule has 184 valence electrons. The molecule has 1 aromatic heterocycles. The Balaban J connectivity index is 1.84. The molecule has 1 aliphatic rings. The number of rotatable bonds is 3. The molecule has 1 amide bonds. The van der Waals surface area contributed by atoms with Crippen LogP contribution < -0.4 is 0 Å². The second kappa shape index (κ2) is 8.75. The molecule has 0 N–H and O–H groups in total. The maximum absolute atomic E-state index is 13.5. The molecule has 4 rings (SSSR count). The van der Waals surface area contributed by atoms with Crippen molar-refractivity contribution in [3.05, 3.63) is 98.9 Å². The molecule has 2 aromatic carbocycles. The van der Waals surface area contributed by atoms with Crippen molar-refractivity contribution in [2.75, 3.05) is 6.54 Å². The van der Waals surface area contributed by atoms with Gasteiger partial charge in [0.25, 0.3) is 11.6 Å². The van der Waals surface area contributed by atoms with Crippen molar-refractivity contribution in [3.8, 4) is 0 Å². The Morgan fingerprint density at radius 2 is 1.51 bits per heavy atom. The summed E-state index contributed by atoms with van der Waals surface area (Å²) in [5.74, 6) is -1.01. The topological polar surface area (TPSA) is 68.4 Å². The van der Waals surface area contributed by atoms with E-state index in [1.807, 2.05) is 4.57 Å². The van der Waals surface area contributed by atoms with E-state index in [-0.39, 0.29) is 18.3 Å². The Labute approximate surface area is 194 Å². The predicted octanol–water partition coefficient (Wildman–Crippen LogP) is 6.07. The van der Waals surface area contributed by atoms with E-state index in [4.69, 9.17) is 0 Å². The molecule has 0 bridgehead atoms. The lowest BCUT2D eigenvalue weighted by atomic mass is 9.99. The van der Waals surface area contributed by atoms with E-state index in [1.54, 1.807) is 18.3 Å². The van der Waals surface area contributed by atoms with E-state index >= 15 is 0 Å². The van der Waals surface area contributed by atoms with Crippen LogP contribution in [-0.4, -0.2) is 26.8 Å². The van der Waals surface area contributed by atoms with Crippen molar-refractivity contribution < 1.29 is 36.1 Å². The third-order valence-corrected chi connectivity index (χ3v) is 5.77. The molecule has 2 heterocycles. The highest BCUT2D eigenvalue weighted by Crippen LogP contribution is 2.38. The van der Waals surface area contributed by atoms with Gasteiger partial charge in [-0.05, 0) is 54.4 Å². The number of benzene rings is 2. The van der Waals surface area contributed by atoms with Gasteiger partial charge in [-0.25, -0.2) is 0 Å². The Hall–Kier alpha value is -3.83. The molecule has 0 saturated heterocycles. The lowest BCUT2D eigenvalue weighted by molar-refractivity contribution is -0.384. The van der Waals surface area contributed by atoms with Gasteiger partial charge in [-0.3, -0.25) is 14.9 Å². The summed E-state index contributed by atoms with van der Waals surface area (Å²) in [6, 6.07) is 8.58. The second-order valence-electron chi connectivity index (χ2n) is 8.02. The highest BCUT2D eigenvalue weighted by molar-refractivity contribution is 5.95. The van der Waals surface area contributed by atoms with Crippen LogP contribution in [0.25, 0.3) is 0 Å². The molecular formula is C23H17F6N3O3. The molecule has 12 heteroatoms. The van der Waals surface area contributed by atoms with Crippen molar-refractivity contribution in [3.63, 3.8) is 0 Å². The Morgan fingerprint density at radius 1 is 0.914 bits per heavy atom. The first-order valence-corrected chi connectivity index (χ1v) is 10.4. The standard InChI is InChI=1S/C23H17F6N3O3/c24-22(25,26)16-11-15(12-17(13-16)23(27,28)29)21(33)31-10-2-9-30-8-1-3-19(30)20(31)14-4-6-18(7-5-14)32(34)35/h1,3-8,11-13,20H,2,9-10H2. The third kappa shape index (κ3) is 4.86. The van der Waals surface area contributed by atoms with E-state index in [1.165, 1.54) is 29.2 Å². The minimum absolute atomic E-state index is 0.0296.